The van der Waals surface area contributed by atoms with E-state index in [1.807, 2.05) is 25.1 Å². The van der Waals surface area contributed by atoms with Crippen LogP contribution in [-0.2, 0) is 0 Å². The Labute approximate surface area is 115 Å². The summed E-state index contributed by atoms with van der Waals surface area (Å²) < 4.78 is 5.34. The maximum atomic E-state index is 10.4. The van der Waals surface area contributed by atoms with E-state index in [1.54, 1.807) is 7.11 Å². The molecule has 106 valence electrons. The van der Waals surface area contributed by atoms with Gasteiger partial charge in [-0.05, 0) is 26.1 Å². The molecular weight excluding hydrogens is 240 g/mol. The Balaban J connectivity index is 2.03. The van der Waals surface area contributed by atoms with Crippen LogP contribution in [0.25, 0.3) is 0 Å². The molecule has 1 N–H and O–H groups in total. The summed E-state index contributed by atoms with van der Waals surface area (Å²) in [4.78, 5) is 4.63. The summed E-state index contributed by atoms with van der Waals surface area (Å²) in [7, 11) is 3.79. The molecule has 1 unspecified atom stereocenters. The minimum absolute atomic E-state index is 0.488. The number of hydrogen-bond acceptors (Lipinski definition) is 4. The lowest BCUT2D eigenvalue weighted by Gasteiger charge is -2.33. The van der Waals surface area contributed by atoms with Gasteiger partial charge in [-0.2, -0.15) is 0 Å². The molecule has 0 bridgehead atoms. The number of aliphatic hydroxyl groups excluding tert-OH is 1. The highest BCUT2D eigenvalue weighted by Gasteiger charge is 2.20. The van der Waals surface area contributed by atoms with E-state index in [0.717, 1.165) is 43.1 Å². The third-order valence-electron chi connectivity index (χ3n) is 3.77. The summed E-state index contributed by atoms with van der Waals surface area (Å²) in [5, 5.41) is 10.4. The van der Waals surface area contributed by atoms with Crippen LogP contribution in [0.3, 0.4) is 0 Å². The molecule has 0 aliphatic carbocycles. The fraction of sp³-hybridized carbons (Fsp3) is 0.600. The summed E-state index contributed by atoms with van der Waals surface area (Å²) in [6, 6.07) is 5.95. The third-order valence-corrected chi connectivity index (χ3v) is 3.77. The van der Waals surface area contributed by atoms with E-state index in [9.17, 15) is 5.11 Å². The Hall–Kier alpha value is -1.10. The number of aryl methyl sites for hydroxylation is 1. The van der Waals surface area contributed by atoms with E-state index in [0.29, 0.717) is 6.54 Å². The van der Waals surface area contributed by atoms with Crippen molar-refractivity contribution >= 4 is 0 Å². The molecular formula is C15H24N2O2. The van der Waals surface area contributed by atoms with Gasteiger partial charge in [0.2, 0.25) is 0 Å². The predicted octanol–water partition coefficient (Wildman–Crippen LogP) is 1.28. The first kappa shape index (κ1) is 14.3. The summed E-state index contributed by atoms with van der Waals surface area (Å²) in [5.74, 6) is 0.771. The number of rotatable bonds is 4. The fourth-order valence-corrected chi connectivity index (χ4v) is 2.49. The van der Waals surface area contributed by atoms with Crippen LogP contribution < -0.4 is 4.74 Å². The van der Waals surface area contributed by atoms with Crippen molar-refractivity contribution in [3.05, 3.63) is 29.3 Å². The number of nitrogens with zero attached hydrogens (tertiary/aromatic N) is 2. The molecule has 0 radical (unpaired) electrons. The molecule has 1 aromatic rings. The van der Waals surface area contributed by atoms with Crippen LogP contribution in [0.5, 0.6) is 5.75 Å². The topological polar surface area (TPSA) is 35.9 Å². The van der Waals surface area contributed by atoms with E-state index >= 15 is 0 Å². The van der Waals surface area contributed by atoms with Gasteiger partial charge < -0.3 is 14.7 Å². The molecule has 0 spiro atoms. The van der Waals surface area contributed by atoms with Crippen molar-refractivity contribution in [1.29, 1.82) is 0 Å². The third kappa shape index (κ3) is 3.69. The summed E-state index contributed by atoms with van der Waals surface area (Å²) in [5.41, 5.74) is 2.04. The van der Waals surface area contributed by atoms with Gasteiger partial charge in [0, 0.05) is 38.3 Å². The Morgan fingerprint density at radius 3 is 2.58 bits per heavy atom. The quantitative estimate of drug-likeness (QED) is 0.889. The highest BCUT2D eigenvalue weighted by molar-refractivity contribution is 5.38. The molecule has 1 aromatic carbocycles. The lowest BCUT2D eigenvalue weighted by atomic mass is 10.0. The Morgan fingerprint density at radius 2 is 1.95 bits per heavy atom. The maximum absolute atomic E-state index is 10.4. The van der Waals surface area contributed by atoms with E-state index < -0.39 is 6.10 Å². The molecule has 0 amide bonds. The minimum atomic E-state index is -0.488. The second-order valence-corrected chi connectivity index (χ2v) is 5.37. The van der Waals surface area contributed by atoms with Crippen LogP contribution in [0.15, 0.2) is 18.2 Å². The van der Waals surface area contributed by atoms with Gasteiger partial charge >= 0.3 is 0 Å². The van der Waals surface area contributed by atoms with Gasteiger partial charge in [0.05, 0.1) is 13.2 Å². The average Bonchev–Trinajstić information content (AvgIpc) is 2.41. The van der Waals surface area contributed by atoms with Gasteiger partial charge in [-0.1, -0.05) is 11.6 Å². The second kappa shape index (κ2) is 6.37. The van der Waals surface area contributed by atoms with Crippen LogP contribution in [-0.4, -0.2) is 61.8 Å². The molecule has 1 fully saturated rings. The second-order valence-electron chi connectivity index (χ2n) is 5.37. The van der Waals surface area contributed by atoms with Crippen molar-refractivity contribution in [1.82, 2.24) is 9.80 Å². The first-order valence-electron chi connectivity index (χ1n) is 6.83. The van der Waals surface area contributed by atoms with Gasteiger partial charge in [-0.25, -0.2) is 0 Å². The lowest BCUT2D eigenvalue weighted by molar-refractivity contribution is 0.0791. The maximum Gasteiger partial charge on any atom is 0.124 e. The molecule has 1 aliphatic rings. The summed E-state index contributed by atoms with van der Waals surface area (Å²) in [6.45, 7) is 6.87. The SMILES string of the molecule is COc1ccc(C)cc1C(O)CN1CCN(C)CC1. The van der Waals surface area contributed by atoms with Crippen molar-refractivity contribution < 1.29 is 9.84 Å². The van der Waals surface area contributed by atoms with E-state index in [4.69, 9.17) is 4.74 Å². The molecule has 1 aliphatic heterocycles. The molecule has 4 nitrogen and oxygen atoms in total. The molecule has 4 heteroatoms. The number of benzene rings is 1. The number of likely N-dealkylation sites (N-methyl/N-ethyl adjacent to an activating group) is 1. The minimum Gasteiger partial charge on any atom is -0.496 e. The zero-order valence-corrected chi connectivity index (χ0v) is 12.1. The smallest absolute Gasteiger partial charge is 0.124 e. The van der Waals surface area contributed by atoms with Gasteiger partial charge in [-0.15, -0.1) is 0 Å². The van der Waals surface area contributed by atoms with Gasteiger partial charge in [0.1, 0.15) is 5.75 Å². The number of aliphatic hydroxyl groups is 1. The number of piperazine rings is 1. The van der Waals surface area contributed by atoms with Crippen molar-refractivity contribution in [2.24, 2.45) is 0 Å². The average molecular weight is 264 g/mol. The summed E-state index contributed by atoms with van der Waals surface area (Å²) >= 11 is 0. The molecule has 1 atom stereocenters. The van der Waals surface area contributed by atoms with Crippen molar-refractivity contribution in [2.75, 3.05) is 46.9 Å². The normalized spacial score (nSPS) is 19.4. The van der Waals surface area contributed by atoms with Gasteiger partial charge in [0.15, 0.2) is 0 Å². The monoisotopic (exact) mass is 264 g/mol. The highest BCUT2D eigenvalue weighted by Crippen LogP contribution is 2.27. The number of β-amino-alcohol motifs (C(OH)–C–C–N with tert-alkyl or cyclic N) is 1. The Morgan fingerprint density at radius 1 is 1.26 bits per heavy atom. The zero-order chi connectivity index (χ0) is 13.8. The van der Waals surface area contributed by atoms with Crippen LogP contribution in [0.2, 0.25) is 0 Å². The Bertz CT molecular complexity index is 415. The lowest BCUT2D eigenvalue weighted by Crippen LogP contribution is -2.45. The number of methoxy groups -OCH3 is 1. The number of hydrogen-bond donors (Lipinski definition) is 1. The first-order valence-corrected chi connectivity index (χ1v) is 6.83. The van der Waals surface area contributed by atoms with Crippen molar-refractivity contribution in [2.45, 2.75) is 13.0 Å². The largest absolute Gasteiger partial charge is 0.496 e. The van der Waals surface area contributed by atoms with Crippen molar-refractivity contribution in [3.63, 3.8) is 0 Å². The van der Waals surface area contributed by atoms with Crippen LogP contribution >= 0.6 is 0 Å². The molecule has 0 saturated carbocycles. The molecule has 1 saturated heterocycles. The first-order chi connectivity index (χ1) is 9.10. The standard InChI is InChI=1S/C15H24N2O2/c1-12-4-5-15(19-3)13(10-12)14(18)11-17-8-6-16(2)7-9-17/h4-5,10,14,18H,6-9,11H2,1-3H3. The fourth-order valence-electron chi connectivity index (χ4n) is 2.49. The van der Waals surface area contributed by atoms with Crippen LogP contribution in [0.1, 0.15) is 17.2 Å². The van der Waals surface area contributed by atoms with Crippen LogP contribution in [0, 0.1) is 6.92 Å². The molecule has 2 rings (SSSR count). The molecule has 0 aromatic heterocycles. The molecule has 19 heavy (non-hydrogen) atoms. The Kier molecular flexibility index (Phi) is 4.80. The predicted molar refractivity (Wildman–Crippen MR) is 76.6 cm³/mol. The highest BCUT2D eigenvalue weighted by atomic mass is 16.5. The van der Waals surface area contributed by atoms with E-state index in [1.165, 1.54) is 0 Å². The van der Waals surface area contributed by atoms with Gasteiger partial charge in [0.25, 0.3) is 0 Å². The summed E-state index contributed by atoms with van der Waals surface area (Å²) in [6.07, 6.45) is -0.488. The van der Waals surface area contributed by atoms with E-state index in [-0.39, 0.29) is 0 Å². The molecule has 1 heterocycles. The number of ether oxygens (including phenoxy) is 1. The van der Waals surface area contributed by atoms with Crippen molar-refractivity contribution in [3.8, 4) is 5.75 Å². The van der Waals surface area contributed by atoms with Gasteiger partial charge in [-0.3, -0.25) is 4.90 Å². The van der Waals surface area contributed by atoms with E-state index in [2.05, 4.69) is 16.8 Å². The van der Waals surface area contributed by atoms with Crippen LogP contribution in [0.4, 0.5) is 0 Å². The zero-order valence-electron chi connectivity index (χ0n) is 12.1.